The Morgan fingerprint density at radius 2 is 2.12 bits per heavy atom. The summed E-state index contributed by atoms with van der Waals surface area (Å²) in [6.45, 7) is 5.49. The van der Waals surface area contributed by atoms with Crippen molar-refractivity contribution in [3.05, 3.63) is 68.9 Å². The molecule has 2 N–H and O–H groups in total. The van der Waals surface area contributed by atoms with Gasteiger partial charge in [0.15, 0.2) is 17.3 Å². The Bertz CT molecular complexity index is 1250. The maximum absolute atomic E-state index is 13.3. The summed E-state index contributed by atoms with van der Waals surface area (Å²) in [4.78, 5) is 25.5. The summed E-state index contributed by atoms with van der Waals surface area (Å²) in [5.41, 5.74) is 2.54. The van der Waals surface area contributed by atoms with Crippen molar-refractivity contribution in [1.29, 1.82) is 0 Å². The lowest BCUT2D eigenvalue weighted by Crippen LogP contribution is -2.29. The maximum atomic E-state index is 13.3. The smallest absolute Gasteiger partial charge is 0.433 e. The number of hydrogen-bond donors (Lipinski definition) is 2. The number of fused-ring (bicyclic) bond motifs is 1. The number of carbonyl (C=O) groups excluding carboxylic acids is 1. The molecule has 11 heteroatoms. The largest absolute Gasteiger partial charge is 0.504 e. The zero-order valence-electron chi connectivity index (χ0n) is 18.4. The zero-order chi connectivity index (χ0) is 23.9. The molecule has 1 atom stereocenters. The van der Waals surface area contributed by atoms with Crippen LogP contribution in [0.4, 0.5) is 11.6 Å². The van der Waals surface area contributed by atoms with Gasteiger partial charge in [0.25, 0.3) is 5.91 Å². The predicted molar refractivity (Wildman–Crippen MR) is 117 cm³/mol. The first kappa shape index (κ1) is 21.9. The number of nitrogens with one attached hydrogen (secondary N) is 1. The molecule has 1 aromatic carbocycles. The van der Waals surface area contributed by atoms with Gasteiger partial charge < -0.3 is 29.0 Å². The molecule has 0 aliphatic carbocycles. The van der Waals surface area contributed by atoms with Gasteiger partial charge in [-0.1, -0.05) is 5.16 Å². The summed E-state index contributed by atoms with van der Waals surface area (Å²) in [6.07, 6.45) is 1.64. The molecule has 2 aromatic heterocycles. The number of nitrogens with zero attached hydrogens (tertiary/aromatic N) is 3. The lowest BCUT2D eigenvalue weighted by Gasteiger charge is -2.34. The number of carbonyl (C=O) groups is 1. The van der Waals surface area contributed by atoms with Gasteiger partial charge in [-0.2, -0.15) is 0 Å². The Morgan fingerprint density at radius 3 is 2.73 bits per heavy atom. The number of hydrogen-bond acceptors (Lipinski definition) is 9. The number of phenolic OH excluding ortho intramolecular Hbond substituents is 1. The monoisotopic (exact) mass is 454 g/mol. The molecule has 3 heterocycles. The van der Waals surface area contributed by atoms with Gasteiger partial charge in [-0.05, 0) is 50.1 Å². The van der Waals surface area contributed by atoms with Crippen molar-refractivity contribution in [3.63, 3.8) is 0 Å². The summed E-state index contributed by atoms with van der Waals surface area (Å²) in [5, 5.41) is 28.0. The standard InChI is InChI=1S/C22H22N4O7/c1-11-21(13(3)33-24-11)23-22(28)17-10-25(9-14-5-6-20(32-14)26(29)30)12(2)15-8-19(31-4)18(27)7-16(15)17/h5-8,10,12,27H,9H2,1-4H3,(H,23,28). The van der Waals surface area contributed by atoms with Crippen LogP contribution in [0.25, 0.3) is 5.57 Å². The number of benzene rings is 1. The number of methoxy groups -OCH3 is 1. The second kappa shape index (κ2) is 8.34. The van der Waals surface area contributed by atoms with Crippen molar-refractivity contribution in [2.75, 3.05) is 12.4 Å². The highest BCUT2D eigenvalue weighted by Gasteiger charge is 2.31. The first-order valence-electron chi connectivity index (χ1n) is 10.1. The van der Waals surface area contributed by atoms with E-state index in [-0.39, 0.29) is 35.5 Å². The first-order valence-corrected chi connectivity index (χ1v) is 10.1. The van der Waals surface area contributed by atoms with Gasteiger partial charge in [0.1, 0.15) is 22.1 Å². The Morgan fingerprint density at radius 1 is 1.36 bits per heavy atom. The van der Waals surface area contributed by atoms with E-state index >= 15 is 0 Å². The first-order chi connectivity index (χ1) is 15.7. The Hall–Kier alpha value is -4.28. The average Bonchev–Trinajstić information content (AvgIpc) is 3.37. The van der Waals surface area contributed by atoms with Gasteiger partial charge in [0, 0.05) is 6.20 Å². The normalized spacial score (nSPS) is 15.1. The molecule has 172 valence electrons. The van der Waals surface area contributed by atoms with E-state index in [9.17, 15) is 20.0 Å². The molecule has 0 fully saturated rings. The summed E-state index contributed by atoms with van der Waals surface area (Å²) in [7, 11) is 1.44. The van der Waals surface area contributed by atoms with E-state index in [4.69, 9.17) is 13.7 Å². The van der Waals surface area contributed by atoms with Gasteiger partial charge in [-0.25, -0.2) is 0 Å². The SMILES string of the molecule is COc1cc2c(cc1O)C(C(=O)Nc1c(C)noc1C)=CN(Cc1ccc([N+](=O)[O-])o1)C2C. The molecule has 0 spiro atoms. The Kier molecular flexibility index (Phi) is 5.54. The number of rotatable bonds is 6. The number of nitro groups is 1. The third-order valence-corrected chi connectivity index (χ3v) is 5.57. The third-order valence-electron chi connectivity index (χ3n) is 5.57. The second-order valence-corrected chi connectivity index (χ2v) is 7.65. The maximum Gasteiger partial charge on any atom is 0.433 e. The van der Waals surface area contributed by atoms with Crippen LogP contribution in [0, 0.1) is 24.0 Å². The quantitative estimate of drug-likeness (QED) is 0.416. The molecule has 0 radical (unpaired) electrons. The van der Waals surface area contributed by atoms with Crippen LogP contribution < -0.4 is 10.1 Å². The van der Waals surface area contributed by atoms with Crippen LogP contribution in [-0.4, -0.2) is 33.1 Å². The highest BCUT2D eigenvalue weighted by Crippen LogP contribution is 2.42. The van der Waals surface area contributed by atoms with Crippen molar-refractivity contribution in [2.24, 2.45) is 0 Å². The van der Waals surface area contributed by atoms with Gasteiger partial charge in [-0.3, -0.25) is 14.9 Å². The van der Waals surface area contributed by atoms with Crippen LogP contribution in [0.1, 0.15) is 41.3 Å². The van der Waals surface area contributed by atoms with Crippen LogP contribution >= 0.6 is 0 Å². The van der Waals surface area contributed by atoms with Crippen molar-refractivity contribution in [3.8, 4) is 11.5 Å². The van der Waals surface area contributed by atoms with Crippen molar-refractivity contribution < 1.29 is 28.5 Å². The minimum absolute atomic E-state index is 0.102. The van der Waals surface area contributed by atoms with Gasteiger partial charge in [0.05, 0.1) is 31.3 Å². The topological polar surface area (TPSA) is 144 Å². The molecular formula is C22H22N4O7. The fourth-order valence-corrected chi connectivity index (χ4v) is 3.79. The van der Waals surface area contributed by atoms with Crippen LogP contribution in [0.3, 0.4) is 0 Å². The van der Waals surface area contributed by atoms with E-state index in [0.717, 1.165) is 5.56 Å². The Balaban J connectivity index is 1.75. The summed E-state index contributed by atoms with van der Waals surface area (Å²) >= 11 is 0. The van der Waals surface area contributed by atoms with Gasteiger partial charge in [0.2, 0.25) is 0 Å². The van der Waals surface area contributed by atoms with E-state index in [0.29, 0.717) is 28.5 Å². The van der Waals surface area contributed by atoms with E-state index < -0.39 is 10.8 Å². The van der Waals surface area contributed by atoms with Crippen LogP contribution in [-0.2, 0) is 11.3 Å². The zero-order valence-corrected chi connectivity index (χ0v) is 18.4. The highest BCUT2D eigenvalue weighted by molar-refractivity contribution is 6.26. The molecular weight excluding hydrogens is 432 g/mol. The molecule has 0 saturated carbocycles. The van der Waals surface area contributed by atoms with Crippen LogP contribution in [0.5, 0.6) is 11.5 Å². The van der Waals surface area contributed by atoms with E-state index in [1.807, 2.05) is 11.8 Å². The number of aryl methyl sites for hydroxylation is 2. The molecule has 4 rings (SSSR count). The molecule has 11 nitrogen and oxygen atoms in total. The molecule has 1 amide bonds. The molecule has 1 unspecified atom stereocenters. The van der Waals surface area contributed by atoms with Crippen molar-refractivity contribution >= 4 is 23.1 Å². The van der Waals surface area contributed by atoms with Crippen molar-refractivity contribution in [2.45, 2.75) is 33.4 Å². The van der Waals surface area contributed by atoms with Crippen molar-refractivity contribution in [1.82, 2.24) is 10.1 Å². The lowest BCUT2D eigenvalue weighted by atomic mass is 9.90. The minimum Gasteiger partial charge on any atom is -0.504 e. The summed E-state index contributed by atoms with van der Waals surface area (Å²) < 4.78 is 15.7. The number of anilines is 1. The van der Waals surface area contributed by atoms with E-state index in [2.05, 4.69) is 10.5 Å². The summed E-state index contributed by atoms with van der Waals surface area (Å²) in [5.74, 6) is 0.198. The summed E-state index contributed by atoms with van der Waals surface area (Å²) in [6, 6.07) is 5.71. The predicted octanol–water partition coefficient (Wildman–Crippen LogP) is 4.06. The lowest BCUT2D eigenvalue weighted by molar-refractivity contribution is -0.402. The fraction of sp³-hybridized carbons (Fsp3) is 0.273. The average molecular weight is 454 g/mol. The number of ether oxygens (including phenoxy) is 1. The molecule has 1 aliphatic heterocycles. The fourth-order valence-electron chi connectivity index (χ4n) is 3.79. The third kappa shape index (κ3) is 4.00. The highest BCUT2D eigenvalue weighted by atomic mass is 16.6. The van der Waals surface area contributed by atoms with E-state index in [1.54, 1.807) is 26.1 Å². The van der Waals surface area contributed by atoms with Gasteiger partial charge in [-0.15, -0.1) is 0 Å². The molecule has 1 aliphatic rings. The van der Waals surface area contributed by atoms with Crippen LogP contribution in [0.2, 0.25) is 0 Å². The number of aromatic hydroxyl groups is 1. The second-order valence-electron chi connectivity index (χ2n) is 7.65. The number of aromatic nitrogens is 1. The molecule has 0 bridgehead atoms. The molecule has 33 heavy (non-hydrogen) atoms. The Labute approximate surface area is 188 Å². The number of furan rings is 1. The van der Waals surface area contributed by atoms with Crippen LogP contribution in [0.15, 0.2) is 39.4 Å². The number of amides is 1. The van der Waals surface area contributed by atoms with Gasteiger partial charge >= 0.3 is 5.88 Å². The number of phenols is 1. The molecule has 0 saturated heterocycles. The molecule has 3 aromatic rings. The minimum atomic E-state index is -0.607. The van der Waals surface area contributed by atoms with E-state index in [1.165, 1.54) is 25.3 Å².